The Morgan fingerprint density at radius 3 is 0.750 bits per heavy atom. The van der Waals surface area contributed by atoms with Gasteiger partial charge in [0.25, 0.3) is 0 Å². The fraction of sp³-hybridized carbons (Fsp3) is 1.00. The first kappa shape index (κ1) is 15.7. The molecule has 8 heavy (non-hydrogen) atoms. The monoisotopic (exact) mass is 140 g/mol. The summed E-state index contributed by atoms with van der Waals surface area (Å²) in [5, 5.41) is 0. The Bertz CT molecular complexity index is 22.0. The Morgan fingerprint density at radius 2 is 0.625 bits per heavy atom. The third-order valence-corrected chi connectivity index (χ3v) is 1.25. The van der Waals surface area contributed by atoms with Crippen LogP contribution in [0.3, 0.4) is 0 Å². The highest BCUT2D eigenvalue weighted by molar-refractivity contribution is 5.85. The normalized spacial score (nSPS) is 15.0. The summed E-state index contributed by atoms with van der Waals surface area (Å²) in [6.45, 7) is 0. The molecule has 1 rings (SSSR count). The first-order valence-corrected chi connectivity index (χ1v) is 2.50. The van der Waals surface area contributed by atoms with E-state index in [0.717, 1.165) is 0 Å². The Hall–Kier alpha value is 0.210. The van der Waals surface area contributed by atoms with Gasteiger partial charge in [-0.1, -0.05) is 32.1 Å². The molecule has 0 aromatic rings. The van der Waals surface area contributed by atoms with E-state index in [1.807, 2.05) is 0 Å². The zero-order chi connectivity index (χ0) is 3.54. The van der Waals surface area contributed by atoms with Crippen molar-refractivity contribution in [1.29, 1.82) is 0 Å². The van der Waals surface area contributed by atoms with Gasteiger partial charge in [0.1, 0.15) is 0 Å². The number of hydrogen-bond acceptors (Lipinski definition) is 2. The molecule has 0 amide bonds. The second-order valence-electron chi connectivity index (χ2n) is 1.77. The molecule has 2 nitrogen and oxygen atoms in total. The van der Waals surface area contributed by atoms with Crippen LogP contribution in [0.4, 0.5) is 0 Å². The van der Waals surface area contributed by atoms with E-state index in [1.54, 1.807) is 0 Å². The van der Waals surface area contributed by atoms with Crippen molar-refractivity contribution in [3.05, 3.63) is 0 Å². The minimum Gasteiger partial charge on any atom is -0.344 e. The largest absolute Gasteiger partial charge is 0.344 e. The molecule has 0 atom stereocenters. The van der Waals surface area contributed by atoms with E-state index in [2.05, 4.69) is 0 Å². The fourth-order valence-corrected chi connectivity index (χ4v) is 0.884. The smallest absolute Gasteiger partial charge is 0.0533 e. The van der Waals surface area contributed by atoms with Crippen molar-refractivity contribution >= 4 is 12.4 Å². The quantitative estimate of drug-likeness (QED) is 0.543. The lowest BCUT2D eigenvalue weighted by atomic mass is 10.4. The van der Waals surface area contributed by atoms with Gasteiger partial charge >= 0.3 is 0 Å². The topological polar surface area (TPSA) is 70.0 Å². The third kappa shape index (κ3) is 6.21. The van der Waals surface area contributed by atoms with Gasteiger partial charge < -0.3 is 12.3 Å². The standard InChI is InChI=1S/C5H10.ClH.2H3N/c1-2-4-5-3-1;;;/h1-5H2;1H;2*1H3. The lowest BCUT2D eigenvalue weighted by Gasteiger charge is -1.67. The van der Waals surface area contributed by atoms with Crippen molar-refractivity contribution in [2.75, 3.05) is 0 Å². The number of rotatable bonds is 0. The minimum atomic E-state index is 0. The van der Waals surface area contributed by atoms with E-state index >= 15 is 0 Å². The highest BCUT2D eigenvalue weighted by atomic mass is 35.5. The van der Waals surface area contributed by atoms with Gasteiger partial charge in [0.05, 0.1) is 0 Å². The Kier molecular flexibility index (Phi) is 20.1. The SMILES string of the molecule is C1CCCC1.Cl.N.N. The molecule has 0 unspecified atom stereocenters. The van der Waals surface area contributed by atoms with E-state index in [9.17, 15) is 0 Å². The van der Waals surface area contributed by atoms with Crippen molar-refractivity contribution < 1.29 is 0 Å². The summed E-state index contributed by atoms with van der Waals surface area (Å²) < 4.78 is 0. The molecule has 0 heterocycles. The van der Waals surface area contributed by atoms with Crippen LogP contribution in [0.25, 0.3) is 0 Å². The van der Waals surface area contributed by atoms with Gasteiger partial charge in [-0.2, -0.15) is 0 Å². The lowest BCUT2D eigenvalue weighted by molar-refractivity contribution is 0.886. The Balaban J connectivity index is -0.0000000833. The predicted molar refractivity (Wildman–Crippen MR) is 40.4 cm³/mol. The maximum Gasteiger partial charge on any atom is -0.0533 e. The molecule has 3 heteroatoms. The van der Waals surface area contributed by atoms with Crippen LogP contribution in [-0.4, -0.2) is 0 Å². The first-order chi connectivity index (χ1) is 2.50. The summed E-state index contributed by atoms with van der Waals surface area (Å²) in [4.78, 5) is 0. The second kappa shape index (κ2) is 10.2. The molecule has 0 radical (unpaired) electrons. The molecular formula is C5H17ClN2. The fourth-order valence-electron chi connectivity index (χ4n) is 0.884. The lowest BCUT2D eigenvalue weighted by Crippen LogP contribution is -1.47. The minimum absolute atomic E-state index is 0. The molecule has 1 aliphatic rings. The van der Waals surface area contributed by atoms with Gasteiger partial charge in [0.15, 0.2) is 0 Å². The first-order valence-electron chi connectivity index (χ1n) is 2.50. The van der Waals surface area contributed by atoms with Gasteiger partial charge in [-0.3, -0.25) is 0 Å². The highest BCUT2D eigenvalue weighted by Gasteiger charge is 1.95. The van der Waals surface area contributed by atoms with Gasteiger partial charge in [0.2, 0.25) is 0 Å². The zero-order valence-corrected chi connectivity index (χ0v) is 6.17. The average Bonchev–Trinajstić information content (AvgIpc) is 1.76. The van der Waals surface area contributed by atoms with E-state index < -0.39 is 0 Å². The van der Waals surface area contributed by atoms with Crippen molar-refractivity contribution in [1.82, 2.24) is 12.3 Å². The molecule has 0 aromatic carbocycles. The highest BCUT2D eigenvalue weighted by Crippen LogP contribution is 2.15. The van der Waals surface area contributed by atoms with E-state index in [0.29, 0.717) is 0 Å². The van der Waals surface area contributed by atoms with Crippen molar-refractivity contribution in [2.24, 2.45) is 0 Å². The molecule has 0 aromatic heterocycles. The number of hydrogen-bond donors (Lipinski definition) is 2. The van der Waals surface area contributed by atoms with Crippen molar-refractivity contribution in [3.63, 3.8) is 0 Å². The number of halogens is 1. The van der Waals surface area contributed by atoms with E-state index in [4.69, 9.17) is 0 Å². The summed E-state index contributed by atoms with van der Waals surface area (Å²) in [6.07, 6.45) is 7.50. The Morgan fingerprint density at radius 1 is 0.500 bits per heavy atom. The second-order valence-corrected chi connectivity index (χ2v) is 1.77. The van der Waals surface area contributed by atoms with Crippen LogP contribution in [0.1, 0.15) is 32.1 Å². The molecule has 0 spiro atoms. The predicted octanol–water partition coefficient (Wildman–Crippen LogP) is 2.70. The molecule has 0 bridgehead atoms. The molecule has 1 fully saturated rings. The van der Waals surface area contributed by atoms with E-state index in [1.165, 1.54) is 32.1 Å². The van der Waals surface area contributed by atoms with Crippen LogP contribution < -0.4 is 12.3 Å². The summed E-state index contributed by atoms with van der Waals surface area (Å²) in [5.74, 6) is 0. The van der Waals surface area contributed by atoms with Crippen LogP contribution in [0, 0.1) is 0 Å². The summed E-state index contributed by atoms with van der Waals surface area (Å²) in [5.41, 5.74) is 0. The van der Waals surface area contributed by atoms with Crippen LogP contribution >= 0.6 is 12.4 Å². The molecule has 6 N–H and O–H groups in total. The molecular weight excluding hydrogens is 124 g/mol. The van der Waals surface area contributed by atoms with Crippen molar-refractivity contribution in [3.8, 4) is 0 Å². The zero-order valence-electron chi connectivity index (χ0n) is 5.36. The molecule has 0 aliphatic heterocycles. The van der Waals surface area contributed by atoms with Crippen LogP contribution in [0.2, 0.25) is 0 Å². The van der Waals surface area contributed by atoms with E-state index in [-0.39, 0.29) is 24.7 Å². The molecule has 1 saturated carbocycles. The summed E-state index contributed by atoms with van der Waals surface area (Å²) >= 11 is 0. The molecule has 1 aliphatic carbocycles. The Labute approximate surface area is 57.6 Å². The van der Waals surface area contributed by atoms with Gasteiger partial charge in [-0.25, -0.2) is 0 Å². The van der Waals surface area contributed by atoms with Crippen LogP contribution in [-0.2, 0) is 0 Å². The maximum absolute atomic E-state index is 1.50. The molecule has 54 valence electrons. The summed E-state index contributed by atoms with van der Waals surface area (Å²) in [6, 6.07) is 0. The van der Waals surface area contributed by atoms with Gasteiger partial charge in [-0.15, -0.1) is 12.4 Å². The van der Waals surface area contributed by atoms with Crippen LogP contribution in [0.5, 0.6) is 0 Å². The van der Waals surface area contributed by atoms with Gasteiger partial charge in [-0.05, 0) is 0 Å². The summed E-state index contributed by atoms with van der Waals surface area (Å²) in [7, 11) is 0. The third-order valence-electron chi connectivity index (χ3n) is 1.25. The maximum atomic E-state index is 1.50. The molecule has 0 saturated heterocycles. The average molecular weight is 141 g/mol. The van der Waals surface area contributed by atoms with Gasteiger partial charge in [0, 0.05) is 0 Å². The van der Waals surface area contributed by atoms with Crippen LogP contribution in [0.15, 0.2) is 0 Å². The van der Waals surface area contributed by atoms with Crippen molar-refractivity contribution in [2.45, 2.75) is 32.1 Å².